The number of hydrogen-bond donors (Lipinski definition) is 1. The quantitative estimate of drug-likeness (QED) is 0.604. The van der Waals surface area contributed by atoms with Crippen molar-refractivity contribution in [2.75, 3.05) is 30.0 Å². The molecule has 2 aromatic rings. The Kier molecular flexibility index (Phi) is 5.75. The van der Waals surface area contributed by atoms with Crippen LogP contribution in [0.15, 0.2) is 48.0 Å². The molecule has 7 nitrogen and oxygen atoms in total. The van der Waals surface area contributed by atoms with E-state index in [-0.39, 0.29) is 5.57 Å². The summed E-state index contributed by atoms with van der Waals surface area (Å²) in [6, 6.07) is 12.0. The van der Waals surface area contributed by atoms with E-state index in [4.69, 9.17) is 4.74 Å². The van der Waals surface area contributed by atoms with Crippen molar-refractivity contribution in [3.8, 4) is 5.75 Å². The van der Waals surface area contributed by atoms with E-state index in [0.717, 1.165) is 42.1 Å². The first kappa shape index (κ1) is 20.7. The van der Waals surface area contributed by atoms with E-state index in [9.17, 15) is 14.4 Å². The van der Waals surface area contributed by atoms with Gasteiger partial charge in [0, 0.05) is 30.4 Å². The van der Waals surface area contributed by atoms with Crippen molar-refractivity contribution < 1.29 is 19.1 Å². The number of ether oxygens (including phenoxy) is 1. The Morgan fingerprint density at radius 1 is 1.00 bits per heavy atom. The minimum Gasteiger partial charge on any atom is -0.496 e. The van der Waals surface area contributed by atoms with Gasteiger partial charge < -0.3 is 9.64 Å². The van der Waals surface area contributed by atoms with Crippen LogP contribution in [0.25, 0.3) is 6.08 Å². The SMILES string of the molecule is COc1cc(N2CCCCC2)ccc1/C=C1\C(=O)NC(=O)N(c2ccccc2C)C1=O. The van der Waals surface area contributed by atoms with Gasteiger partial charge in [0.1, 0.15) is 11.3 Å². The van der Waals surface area contributed by atoms with Gasteiger partial charge in [0.25, 0.3) is 11.8 Å². The van der Waals surface area contributed by atoms with E-state index in [1.165, 1.54) is 12.5 Å². The van der Waals surface area contributed by atoms with Gasteiger partial charge in [0.05, 0.1) is 12.8 Å². The molecule has 2 aliphatic heterocycles. The van der Waals surface area contributed by atoms with E-state index in [1.807, 2.05) is 24.3 Å². The van der Waals surface area contributed by atoms with Gasteiger partial charge >= 0.3 is 6.03 Å². The number of methoxy groups -OCH3 is 1. The zero-order valence-corrected chi connectivity index (χ0v) is 17.7. The van der Waals surface area contributed by atoms with Crippen LogP contribution in [-0.2, 0) is 9.59 Å². The fraction of sp³-hybridized carbons (Fsp3) is 0.292. The number of nitrogens with zero attached hydrogens (tertiary/aromatic N) is 2. The lowest BCUT2D eigenvalue weighted by molar-refractivity contribution is -0.122. The first-order valence-corrected chi connectivity index (χ1v) is 10.4. The number of amides is 4. The predicted molar refractivity (Wildman–Crippen MR) is 119 cm³/mol. The van der Waals surface area contributed by atoms with Gasteiger partial charge in [-0.25, -0.2) is 9.69 Å². The van der Waals surface area contributed by atoms with Crippen LogP contribution in [0.3, 0.4) is 0 Å². The minimum absolute atomic E-state index is 0.119. The lowest BCUT2D eigenvalue weighted by Gasteiger charge is -2.29. The lowest BCUT2D eigenvalue weighted by Crippen LogP contribution is -2.54. The number of carbonyl (C=O) groups is 3. The summed E-state index contributed by atoms with van der Waals surface area (Å²) in [6.45, 7) is 3.80. The molecule has 0 aromatic heterocycles. The van der Waals surface area contributed by atoms with Crippen LogP contribution in [0.2, 0.25) is 0 Å². The van der Waals surface area contributed by atoms with Crippen molar-refractivity contribution in [3.05, 3.63) is 59.2 Å². The van der Waals surface area contributed by atoms with Crippen LogP contribution >= 0.6 is 0 Å². The molecule has 1 N–H and O–H groups in total. The largest absolute Gasteiger partial charge is 0.496 e. The van der Waals surface area contributed by atoms with Crippen LogP contribution in [0, 0.1) is 6.92 Å². The molecule has 0 bridgehead atoms. The second-order valence-electron chi connectivity index (χ2n) is 7.72. The number of benzene rings is 2. The van der Waals surface area contributed by atoms with Crippen LogP contribution in [0.5, 0.6) is 5.75 Å². The van der Waals surface area contributed by atoms with E-state index in [0.29, 0.717) is 17.0 Å². The fourth-order valence-electron chi connectivity index (χ4n) is 4.01. The molecule has 0 atom stereocenters. The highest BCUT2D eigenvalue weighted by Gasteiger charge is 2.37. The molecular weight excluding hydrogens is 394 g/mol. The Morgan fingerprint density at radius 3 is 2.45 bits per heavy atom. The zero-order valence-electron chi connectivity index (χ0n) is 17.7. The summed E-state index contributed by atoms with van der Waals surface area (Å²) in [6.07, 6.45) is 5.04. The second-order valence-corrected chi connectivity index (χ2v) is 7.72. The summed E-state index contributed by atoms with van der Waals surface area (Å²) in [5.41, 5.74) is 2.72. The van der Waals surface area contributed by atoms with Crippen molar-refractivity contribution in [1.82, 2.24) is 5.32 Å². The highest BCUT2D eigenvalue weighted by Crippen LogP contribution is 2.31. The van der Waals surface area contributed by atoms with Gasteiger partial charge in [-0.05, 0) is 56.0 Å². The van der Waals surface area contributed by atoms with Crippen molar-refractivity contribution >= 4 is 35.3 Å². The smallest absolute Gasteiger partial charge is 0.335 e. The van der Waals surface area contributed by atoms with E-state index >= 15 is 0 Å². The fourth-order valence-corrected chi connectivity index (χ4v) is 4.01. The van der Waals surface area contributed by atoms with Crippen LogP contribution in [0.1, 0.15) is 30.4 Å². The number of urea groups is 1. The number of imide groups is 2. The van der Waals surface area contributed by atoms with Crippen LogP contribution in [-0.4, -0.2) is 38.0 Å². The Hall–Kier alpha value is -3.61. The molecule has 4 amide bonds. The number of carbonyl (C=O) groups excluding carboxylic acids is 3. The molecule has 2 heterocycles. The van der Waals surface area contributed by atoms with Gasteiger partial charge in [0.2, 0.25) is 0 Å². The van der Waals surface area contributed by atoms with Crippen molar-refractivity contribution in [1.29, 1.82) is 0 Å². The van der Waals surface area contributed by atoms with E-state index in [2.05, 4.69) is 10.2 Å². The minimum atomic E-state index is -0.756. The molecule has 0 spiro atoms. The van der Waals surface area contributed by atoms with Gasteiger partial charge in [0.15, 0.2) is 0 Å². The molecule has 2 fully saturated rings. The predicted octanol–water partition coefficient (Wildman–Crippen LogP) is 3.66. The molecule has 7 heteroatoms. The topological polar surface area (TPSA) is 79.0 Å². The Bertz CT molecular complexity index is 1070. The number of para-hydroxylation sites is 1. The number of anilines is 2. The zero-order chi connectivity index (χ0) is 22.0. The summed E-state index contributed by atoms with van der Waals surface area (Å²) >= 11 is 0. The molecule has 2 saturated heterocycles. The molecule has 4 rings (SSSR count). The molecule has 2 aromatic carbocycles. The molecule has 31 heavy (non-hydrogen) atoms. The van der Waals surface area contributed by atoms with E-state index < -0.39 is 17.8 Å². The molecule has 160 valence electrons. The monoisotopic (exact) mass is 419 g/mol. The van der Waals surface area contributed by atoms with Crippen molar-refractivity contribution in [2.24, 2.45) is 0 Å². The summed E-state index contributed by atoms with van der Waals surface area (Å²) in [7, 11) is 1.56. The molecule has 0 aliphatic carbocycles. The maximum atomic E-state index is 13.1. The summed E-state index contributed by atoms with van der Waals surface area (Å²) in [4.78, 5) is 41.4. The average molecular weight is 419 g/mol. The molecular formula is C24H25N3O4. The molecule has 0 unspecified atom stereocenters. The highest BCUT2D eigenvalue weighted by molar-refractivity contribution is 6.39. The molecule has 0 radical (unpaired) electrons. The maximum Gasteiger partial charge on any atom is 0.335 e. The standard InChI is InChI=1S/C24H25N3O4/c1-16-8-4-5-9-20(16)27-23(29)19(22(28)25-24(27)30)14-17-10-11-18(15-21(17)31-2)26-12-6-3-7-13-26/h4-5,8-11,14-15H,3,6-7,12-13H2,1-2H3,(H,25,28,30)/b19-14+. The third-order valence-corrected chi connectivity index (χ3v) is 5.70. The van der Waals surface area contributed by atoms with Gasteiger partial charge in [-0.2, -0.15) is 0 Å². The molecule has 2 aliphatic rings. The van der Waals surface area contributed by atoms with Crippen molar-refractivity contribution in [2.45, 2.75) is 26.2 Å². The normalized spacial score (nSPS) is 18.4. The third kappa shape index (κ3) is 4.03. The number of hydrogen-bond acceptors (Lipinski definition) is 5. The number of aryl methyl sites for hydroxylation is 1. The van der Waals surface area contributed by atoms with Gasteiger partial charge in [-0.3, -0.25) is 14.9 Å². The van der Waals surface area contributed by atoms with Crippen LogP contribution < -0.4 is 19.9 Å². The maximum absolute atomic E-state index is 13.1. The molecule has 0 saturated carbocycles. The lowest BCUT2D eigenvalue weighted by atomic mass is 10.0. The van der Waals surface area contributed by atoms with Gasteiger partial charge in [-0.1, -0.05) is 18.2 Å². The Morgan fingerprint density at radius 2 is 1.74 bits per heavy atom. The third-order valence-electron chi connectivity index (χ3n) is 5.70. The Balaban J connectivity index is 1.69. The second kappa shape index (κ2) is 8.63. The van der Waals surface area contributed by atoms with Gasteiger partial charge in [-0.15, -0.1) is 0 Å². The number of rotatable bonds is 4. The number of barbiturate groups is 1. The van der Waals surface area contributed by atoms with E-state index in [1.54, 1.807) is 32.2 Å². The summed E-state index contributed by atoms with van der Waals surface area (Å²) < 4.78 is 5.55. The number of nitrogens with one attached hydrogen (secondary N) is 1. The number of piperidine rings is 1. The highest BCUT2D eigenvalue weighted by atomic mass is 16.5. The van der Waals surface area contributed by atoms with Crippen LogP contribution in [0.4, 0.5) is 16.2 Å². The first-order chi connectivity index (χ1) is 15.0. The summed E-state index contributed by atoms with van der Waals surface area (Å²) in [5, 5.41) is 2.27. The Labute approximate surface area is 181 Å². The summed E-state index contributed by atoms with van der Waals surface area (Å²) in [5.74, 6) is -0.817. The average Bonchev–Trinajstić information content (AvgIpc) is 2.78. The first-order valence-electron chi connectivity index (χ1n) is 10.4. The van der Waals surface area contributed by atoms with Crippen molar-refractivity contribution in [3.63, 3.8) is 0 Å².